The van der Waals surface area contributed by atoms with Crippen molar-refractivity contribution in [1.29, 1.82) is 0 Å². The van der Waals surface area contributed by atoms with Crippen LogP contribution in [0.1, 0.15) is 22.7 Å². The Morgan fingerprint density at radius 2 is 1.55 bits per heavy atom. The number of rotatable bonds is 6. The Labute approximate surface area is 125 Å². The van der Waals surface area contributed by atoms with Crippen LogP contribution in [0, 0.1) is 0 Å². The molecule has 0 aromatic heterocycles. The molecule has 0 fully saturated rings. The fourth-order valence-electron chi connectivity index (χ4n) is 2.28. The summed E-state index contributed by atoms with van der Waals surface area (Å²) in [6.07, 6.45) is 0.946. The maximum Gasteiger partial charge on any atom is 0.0574 e. The van der Waals surface area contributed by atoms with Gasteiger partial charge < -0.3 is 10.1 Å². The first-order valence-corrected chi connectivity index (χ1v) is 7.13. The summed E-state index contributed by atoms with van der Waals surface area (Å²) in [4.78, 5) is 0. The van der Waals surface area contributed by atoms with E-state index in [9.17, 15) is 0 Å². The first kappa shape index (κ1) is 15.0. The van der Waals surface area contributed by atoms with Crippen LogP contribution >= 0.6 is 11.6 Å². The standard InChI is InChI=1S/C17H20ClNO/c1-19-17(15-7-9-16(18)10-8-15)14-5-3-13(4-6-14)11-12-20-2/h3-10,17,19H,11-12H2,1-2H3. The molecule has 0 spiro atoms. The van der Waals surface area contributed by atoms with E-state index in [0.717, 1.165) is 18.1 Å². The third-order valence-corrected chi connectivity index (χ3v) is 3.65. The van der Waals surface area contributed by atoms with Gasteiger partial charge >= 0.3 is 0 Å². The number of hydrogen-bond donors (Lipinski definition) is 1. The number of nitrogens with one attached hydrogen (secondary N) is 1. The second-order valence-electron chi connectivity index (χ2n) is 4.76. The van der Waals surface area contributed by atoms with Crippen molar-refractivity contribution in [2.24, 2.45) is 0 Å². The minimum Gasteiger partial charge on any atom is -0.384 e. The summed E-state index contributed by atoms with van der Waals surface area (Å²) in [5.41, 5.74) is 3.75. The van der Waals surface area contributed by atoms with Crippen molar-refractivity contribution in [2.45, 2.75) is 12.5 Å². The molecule has 0 saturated heterocycles. The maximum atomic E-state index is 5.94. The molecule has 0 aliphatic carbocycles. The smallest absolute Gasteiger partial charge is 0.0574 e. The third-order valence-electron chi connectivity index (χ3n) is 3.40. The normalized spacial score (nSPS) is 12.3. The van der Waals surface area contributed by atoms with Crippen molar-refractivity contribution in [3.63, 3.8) is 0 Å². The van der Waals surface area contributed by atoms with Gasteiger partial charge in [-0.25, -0.2) is 0 Å². The molecule has 3 heteroatoms. The fourth-order valence-corrected chi connectivity index (χ4v) is 2.40. The van der Waals surface area contributed by atoms with Crippen LogP contribution in [0.2, 0.25) is 5.02 Å². The lowest BCUT2D eigenvalue weighted by Gasteiger charge is -2.17. The van der Waals surface area contributed by atoms with Gasteiger partial charge in [-0.2, -0.15) is 0 Å². The zero-order valence-electron chi connectivity index (χ0n) is 11.9. The van der Waals surface area contributed by atoms with Gasteiger partial charge in [0.15, 0.2) is 0 Å². The molecule has 0 amide bonds. The summed E-state index contributed by atoms with van der Waals surface area (Å²) in [5.74, 6) is 0. The third kappa shape index (κ3) is 3.83. The van der Waals surface area contributed by atoms with Gasteiger partial charge in [-0.3, -0.25) is 0 Å². The van der Waals surface area contributed by atoms with Gasteiger partial charge in [0.25, 0.3) is 0 Å². The van der Waals surface area contributed by atoms with Crippen LogP contribution in [-0.4, -0.2) is 20.8 Å². The van der Waals surface area contributed by atoms with Crippen LogP contribution in [0.15, 0.2) is 48.5 Å². The molecule has 0 heterocycles. The second-order valence-corrected chi connectivity index (χ2v) is 5.19. The van der Waals surface area contributed by atoms with Crippen molar-refractivity contribution in [2.75, 3.05) is 20.8 Å². The number of benzene rings is 2. The number of halogens is 1. The SMILES string of the molecule is CNC(c1ccc(Cl)cc1)c1ccc(CCOC)cc1. The van der Waals surface area contributed by atoms with Crippen LogP contribution in [0.4, 0.5) is 0 Å². The van der Waals surface area contributed by atoms with E-state index in [-0.39, 0.29) is 6.04 Å². The first-order valence-electron chi connectivity index (χ1n) is 6.75. The molecular formula is C17H20ClNO. The molecule has 1 unspecified atom stereocenters. The average molecular weight is 290 g/mol. The van der Waals surface area contributed by atoms with Gasteiger partial charge in [-0.05, 0) is 42.3 Å². The molecule has 106 valence electrons. The van der Waals surface area contributed by atoms with Gasteiger partial charge in [0.1, 0.15) is 0 Å². The van der Waals surface area contributed by atoms with Gasteiger partial charge in [0.2, 0.25) is 0 Å². The van der Waals surface area contributed by atoms with E-state index in [1.165, 1.54) is 16.7 Å². The lowest BCUT2D eigenvalue weighted by atomic mass is 9.97. The lowest BCUT2D eigenvalue weighted by molar-refractivity contribution is 0.202. The molecule has 0 radical (unpaired) electrons. The molecule has 2 nitrogen and oxygen atoms in total. The zero-order valence-corrected chi connectivity index (χ0v) is 12.7. The molecule has 0 saturated carbocycles. The van der Waals surface area contributed by atoms with Crippen LogP contribution < -0.4 is 5.32 Å². The second kappa shape index (κ2) is 7.44. The van der Waals surface area contributed by atoms with E-state index in [1.807, 2.05) is 19.2 Å². The van der Waals surface area contributed by atoms with Crippen molar-refractivity contribution >= 4 is 11.6 Å². The van der Waals surface area contributed by atoms with Crippen LogP contribution in [-0.2, 0) is 11.2 Å². The molecule has 2 rings (SSSR count). The van der Waals surface area contributed by atoms with Gasteiger partial charge in [-0.1, -0.05) is 48.0 Å². The monoisotopic (exact) mass is 289 g/mol. The first-order chi connectivity index (χ1) is 9.74. The minimum atomic E-state index is 0.184. The largest absolute Gasteiger partial charge is 0.384 e. The number of ether oxygens (including phenoxy) is 1. The molecule has 0 aliphatic heterocycles. The highest BCUT2D eigenvalue weighted by atomic mass is 35.5. The van der Waals surface area contributed by atoms with Crippen LogP contribution in [0.3, 0.4) is 0 Å². The van der Waals surface area contributed by atoms with Gasteiger partial charge in [-0.15, -0.1) is 0 Å². The van der Waals surface area contributed by atoms with Crippen LogP contribution in [0.25, 0.3) is 0 Å². The lowest BCUT2D eigenvalue weighted by Crippen LogP contribution is -2.17. The van der Waals surface area contributed by atoms with E-state index in [4.69, 9.17) is 16.3 Å². The van der Waals surface area contributed by atoms with E-state index >= 15 is 0 Å². The highest BCUT2D eigenvalue weighted by molar-refractivity contribution is 6.30. The molecule has 20 heavy (non-hydrogen) atoms. The summed E-state index contributed by atoms with van der Waals surface area (Å²) >= 11 is 5.94. The molecule has 0 bridgehead atoms. The van der Waals surface area contributed by atoms with E-state index in [1.54, 1.807) is 7.11 Å². The molecule has 0 aliphatic rings. The summed E-state index contributed by atoms with van der Waals surface area (Å²) < 4.78 is 5.10. The predicted octanol–water partition coefficient (Wildman–Crippen LogP) is 3.84. The molecule has 2 aromatic rings. The number of methoxy groups -OCH3 is 1. The predicted molar refractivity (Wildman–Crippen MR) is 84.4 cm³/mol. The summed E-state index contributed by atoms with van der Waals surface area (Å²) in [6, 6.07) is 16.8. The highest BCUT2D eigenvalue weighted by Crippen LogP contribution is 2.23. The molecule has 1 N–H and O–H groups in total. The minimum absolute atomic E-state index is 0.184. The zero-order chi connectivity index (χ0) is 14.4. The van der Waals surface area contributed by atoms with E-state index < -0.39 is 0 Å². The Bertz CT molecular complexity index is 522. The van der Waals surface area contributed by atoms with Crippen molar-refractivity contribution < 1.29 is 4.74 Å². The Hall–Kier alpha value is -1.35. The quantitative estimate of drug-likeness (QED) is 0.872. The Morgan fingerprint density at radius 3 is 2.05 bits per heavy atom. The van der Waals surface area contributed by atoms with E-state index in [2.05, 4.69) is 41.7 Å². The fraction of sp³-hybridized carbons (Fsp3) is 0.294. The molecular weight excluding hydrogens is 270 g/mol. The highest BCUT2D eigenvalue weighted by Gasteiger charge is 2.11. The topological polar surface area (TPSA) is 21.3 Å². The van der Waals surface area contributed by atoms with Crippen molar-refractivity contribution in [3.8, 4) is 0 Å². The Balaban J connectivity index is 2.17. The van der Waals surface area contributed by atoms with Gasteiger partial charge in [0, 0.05) is 12.1 Å². The summed E-state index contributed by atoms with van der Waals surface area (Å²) in [5, 5.41) is 4.11. The van der Waals surface area contributed by atoms with Crippen LogP contribution in [0.5, 0.6) is 0 Å². The Kier molecular flexibility index (Phi) is 5.60. The number of hydrogen-bond acceptors (Lipinski definition) is 2. The molecule has 1 atom stereocenters. The average Bonchev–Trinajstić information content (AvgIpc) is 2.49. The summed E-state index contributed by atoms with van der Waals surface area (Å²) in [6.45, 7) is 0.756. The van der Waals surface area contributed by atoms with E-state index in [0.29, 0.717) is 0 Å². The van der Waals surface area contributed by atoms with Crippen molar-refractivity contribution in [3.05, 3.63) is 70.2 Å². The van der Waals surface area contributed by atoms with Crippen molar-refractivity contribution in [1.82, 2.24) is 5.32 Å². The Morgan fingerprint density at radius 1 is 1.00 bits per heavy atom. The van der Waals surface area contributed by atoms with Gasteiger partial charge in [0.05, 0.1) is 12.6 Å². The maximum absolute atomic E-state index is 5.94. The molecule has 2 aromatic carbocycles. The summed E-state index contributed by atoms with van der Waals surface area (Å²) in [7, 11) is 3.70.